The highest BCUT2D eigenvalue weighted by Gasteiger charge is 2.34. The van der Waals surface area contributed by atoms with Gasteiger partial charge in [0, 0.05) is 13.5 Å². The molecule has 0 aliphatic rings. The Balaban J connectivity index is 2.81. The van der Waals surface area contributed by atoms with Crippen LogP contribution in [0.2, 0.25) is 0 Å². The van der Waals surface area contributed by atoms with E-state index in [0.29, 0.717) is 12.0 Å². The van der Waals surface area contributed by atoms with E-state index in [1.54, 1.807) is 26.0 Å². The number of carboxylic acid groups (broad SMARTS) is 1. The van der Waals surface area contributed by atoms with Crippen molar-refractivity contribution in [2.24, 2.45) is 0 Å². The van der Waals surface area contributed by atoms with Gasteiger partial charge in [-0.25, -0.2) is 4.79 Å². The third-order valence-electron chi connectivity index (χ3n) is 3.59. The van der Waals surface area contributed by atoms with E-state index >= 15 is 0 Å². The molecule has 0 saturated heterocycles. The number of aromatic hydroxyl groups is 1. The number of hydrogen-bond donors (Lipinski definition) is 3. The number of phenolic OH excluding ortho intramolecular Hbond substituents is 1. The highest BCUT2D eigenvalue weighted by molar-refractivity contribution is 5.89. The first kappa shape index (κ1) is 17.0. The molecule has 21 heavy (non-hydrogen) atoms. The number of benzene rings is 1. The standard InChI is InChI=1S/C15H21NO5/c1-4-15(2,21-3)14(20)16-12(13(18)19)9-10-5-7-11(17)8-6-10/h5-8,12,17H,4,9H2,1-3H3,(H,16,20)(H,18,19)/t12-,15?/m1/s1. The number of amides is 1. The molecule has 0 spiro atoms. The van der Waals surface area contributed by atoms with E-state index < -0.39 is 23.5 Å². The van der Waals surface area contributed by atoms with Crippen molar-refractivity contribution in [1.29, 1.82) is 0 Å². The molecule has 0 radical (unpaired) electrons. The van der Waals surface area contributed by atoms with Gasteiger partial charge in [-0.15, -0.1) is 0 Å². The molecule has 2 atom stereocenters. The highest BCUT2D eigenvalue weighted by Crippen LogP contribution is 2.16. The van der Waals surface area contributed by atoms with Gasteiger partial charge in [0.25, 0.3) is 5.91 Å². The van der Waals surface area contributed by atoms with Crippen molar-refractivity contribution in [3.05, 3.63) is 29.8 Å². The average molecular weight is 295 g/mol. The van der Waals surface area contributed by atoms with E-state index in [2.05, 4.69) is 5.32 Å². The number of hydrogen-bond acceptors (Lipinski definition) is 4. The molecule has 0 aliphatic heterocycles. The maximum Gasteiger partial charge on any atom is 0.326 e. The number of phenols is 1. The summed E-state index contributed by atoms with van der Waals surface area (Å²) in [5.41, 5.74) is -0.348. The van der Waals surface area contributed by atoms with Crippen LogP contribution in [0.4, 0.5) is 0 Å². The van der Waals surface area contributed by atoms with Crippen LogP contribution < -0.4 is 5.32 Å². The van der Waals surface area contributed by atoms with Gasteiger partial charge < -0.3 is 20.3 Å². The highest BCUT2D eigenvalue weighted by atomic mass is 16.5. The molecule has 1 rings (SSSR count). The first-order chi connectivity index (χ1) is 9.82. The van der Waals surface area contributed by atoms with Gasteiger partial charge in [-0.1, -0.05) is 19.1 Å². The van der Waals surface area contributed by atoms with Crippen LogP contribution >= 0.6 is 0 Å². The van der Waals surface area contributed by atoms with Crippen LogP contribution in [0, 0.1) is 0 Å². The zero-order chi connectivity index (χ0) is 16.0. The van der Waals surface area contributed by atoms with Crippen molar-refractivity contribution >= 4 is 11.9 Å². The minimum Gasteiger partial charge on any atom is -0.508 e. The number of aliphatic carboxylic acids is 1. The van der Waals surface area contributed by atoms with Crippen LogP contribution in [0.15, 0.2) is 24.3 Å². The van der Waals surface area contributed by atoms with Crippen molar-refractivity contribution in [2.75, 3.05) is 7.11 Å². The van der Waals surface area contributed by atoms with E-state index in [0.717, 1.165) is 0 Å². The number of carbonyl (C=O) groups excluding carboxylic acids is 1. The molecule has 6 heteroatoms. The van der Waals surface area contributed by atoms with Crippen LogP contribution in [-0.4, -0.2) is 40.8 Å². The van der Waals surface area contributed by atoms with Crippen molar-refractivity contribution < 1.29 is 24.5 Å². The summed E-state index contributed by atoms with van der Waals surface area (Å²) in [7, 11) is 1.42. The maximum absolute atomic E-state index is 12.1. The minimum absolute atomic E-state index is 0.104. The molecule has 0 fully saturated rings. The summed E-state index contributed by atoms with van der Waals surface area (Å²) in [6.45, 7) is 3.40. The number of ether oxygens (including phenoxy) is 1. The van der Waals surface area contributed by atoms with Crippen molar-refractivity contribution in [1.82, 2.24) is 5.32 Å². The van der Waals surface area contributed by atoms with Gasteiger partial charge in [-0.3, -0.25) is 4.79 Å². The number of methoxy groups -OCH3 is 1. The Morgan fingerprint density at radius 2 is 1.90 bits per heavy atom. The number of carboxylic acids is 1. The first-order valence-electron chi connectivity index (χ1n) is 6.69. The predicted octanol–water partition coefficient (Wildman–Crippen LogP) is 1.32. The molecular weight excluding hydrogens is 274 g/mol. The molecule has 3 N–H and O–H groups in total. The SMILES string of the molecule is CCC(C)(OC)C(=O)N[C@H](Cc1ccc(O)cc1)C(=O)O. The molecule has 0 bridgehead atoms. The van der Waals surface area contributed by atoms with E-state index in [1.807, 2.05) is 0 Å². The molecule has 0 saturated carbocycles. The fourth-order valence-corrected chi connectivity index (χ4v) is 1.78. The van der Waals surface area contributed by atoms with E-state index in [4.69, 9.17) is 4.74 Å². The van der Waals surface area contributed by atoms with Gasteiger partial charge in [-0.2, -0.15) is 0 Å². The van der Waals surface area contributed by atoms with Crippen molar-refractivity contribution in [2.45, 2.75) is 38.3 Å². The minimum atomic E-state index is -1.12. The number of rotatable bonds is 7. The third-order valence-corrected chi connectivity index (χ3v) is 3.59. The zero-order valence-electron chi connectivity index (χ0n) is 12.4. The maximum atomic E-state index is 12.1. The van der Waals surface area contributed by atoms with Gasteiger partial charge in [0.15, 0.2) is 0 Å². The molecule has 1 unspecified atom stereocenters. The smallest absolute Gasteiger partial charge is 0.326 e. The van der Waals surface area contributed by atoms with Gasteiger partial charge in [0.2, 0.25) is 0 Å². The Labute approximate surface area is 123 Å². The molecule has 116 valence electrons. The molecule has 0 aliphatic carbocycles. The molecular formula is C15H21NO5. The Morgan fingerprint density at radius 3 is 2.33 bits per heavy atom. The second-order valence-corrected chi connectivity index (χ2v) is 5.02. The fourth-order valence-electron chi connectivity index (χ4n) is 1.78. The average Bonchev–Trinajstić information content (AvgIpc) is 2.47. The van der Waals surface area contributed by atoms with Crippen LogP contribution in [0.25, 0.3) is 0 Å². The summed E-state index contributed by atoms with van der Waals surface area (Å²) in [5, 5.41) is 21.0. The van der Waals surface area contributed by atoms with Crippen LogP contribution in [-0.2, 0) is 20.7 Å². The number of nitrogens with one attached hydrogen (secondary N) is 1. The summed E-state index contributed by atoms with van der Waals surface area (Å²) in [4.78, 5) is 23.5. The summed E-state index contributed by atoms with van der Waals surface area (Å²) in [6.07, 6.45) is 0.561. The summed E-state index contributed by atoms with van der Waals surface area (Å²) >= 11 is 0. The molecule has 0 aromatic heterocycles. The molecule has 1 aromatic carbocycles. The quantitative estimate of drug-likeness (QED) is 0.705. The van der Waals surface area contributed by atoms with Crippen molar-refractivity contribution in [3.63, 3.8) is 0 Å². The Kier molecular flexibility index (Phi) is 5.72. The Hall–Kier alpha value is -2.08. The van der Waals surface area contributed by atoms with Crippen LogP contribution in [0.3, 0.4) is 0 Å². The monoisotopic (exact) mass is 295 g/mol. The van der Waals surface area contributed by atoms with Gasteiger partial charge >= 0.3 is 5.97 Å². The Bertz CT molecular complexity index is 493. The lowest BCUT2D eigenvalue weighted by Crippen LogP contribution is -2.52. The van der Waals surface area contributed by atoms with Crippen molar-refractivity contribution in [3.8, 4) is 5.75 Å². The first-order valence-corrected chi connectivity index (χ1v) is 6.69. The van der Waals surface area contributed by atoms with Gasteiger partial charge in [0.05, 0.1) is 0 Å². The molecule has 1 aromatic rings. The van der Waals surface area contributed by atoms with Gasteiger partial charge in [0.1, 0.15) is 17.4 Å². The molecule has 1 amide bonds. The normalized spacial score (nSPS) is 15.0. The zero-order valence-corrected chi connectivity index (χ0v) is 12.4. The Morgan fingerprint density at radius 1 is 1.33 bits per heavy atom. The lowest BCUT2D eigenvalue weighted by atomic mass is 10.00. The van der Waals surface area contributed by atoms with E-state index in [-0.39, 0.29) is 12.2 Å². The van der Waals surface area contributed by atoms with Crippen LogP contribution in [0.5, 0.6) is 5.75 Å². The van der Waals surface area contributed by atoms with E-state index in [1.165, 1.54) is 19.2 Å². The number of carbonyl (C=O) groups is 2. The lowest BCUT2D eigenvalue weighted by Gasteiger charge is -2.27. The molecule has 0 heterocycles. The van der Waals surface area contributed by atoms with Crippen LogP contribution in [0.1, 0.15) is 25.8 Å². The predicted molar refractivity (Wildman–Crippen MR) is 77.1 cm³/mol. The van der Waals surface area contributed by atoms with Gasteiger partial charge in [-0.05, 0) is 31.0 Å². The van der Waals surface area contributed by atoms with E-state index in [9.17, 15) is 19.8 Å². The third kappa shape index (κ3) is 4.46. The summed E-state index contributed by atoms with van der Waals surface area (Å²) in [6, 6.07) is 5.13. The fraction of sp³-hybridized carbons (Fsp3) is 0.467. The summed E-state index contributed by atoms with van der Waals surface area (Å²) in [5.74, 6) is -1.47. The second-order valence-electron chi connectivity index (χ2n) is 5.02. The largest absolute Gasteiger partial charge is 0.508 e. The second kappa shape index (κ2) is 7.08. The molecule has 6 nitrogen and oxygen atoms in total. The lowest BCUT2D eigenvalue weighted by molar-refractivity contribution is -0.148. The topological polar surface area (TPSA) is 95.9 Å². The summed E-state index contributed by atoms with van der Waals surface area (Å²) < 4.78 is 5.16.